The zero-order valence-electron chi connectivity index (χ0n) is 3.48. The van der Waals surface area contributed by atoms with Crippen molar-refractivity contribution in [1.29, 1.82) is 0 Å². The van der Waals surface area contributed by atoms with Gasteiger partial charge in [0.15, 0.2) is 0 Å². The third kappa shape index (κ3) is 1.16. The van der Waals surface area contributed by atoms with Gasteiger partial charge in [0, 0.05) is 12.3 Å². The van der Waals surface area contributed by atoms with Crippen LogP contribution >= 0.6 is 11.6 Å². The van der Waals surface area contributed by atoms with E-state index in [-0.39, 0.29) is 0 Å². The van der Waals surface area contributed by atoms with Crippen molar-refractivity contribution in [3.63, 3.8) is 0 Å². The van der Waals surface area contributed by atoms with Crippen LogP contribution < -0.4 is 0 Å². The zero-order valence-corrected chi connectivity index (χ0v) is 4.24. The van der Waals surface area contributed by atoms with E-state index in [9.17, 15) is 0 Å². The van der Waals surface area contributed by atoms with Crippen LogP contribution in [0.15, 0.2) is 12.3 Å². The zero-order chi connectivity index (χ0) is 5.11. The summed E-state index contributed by atoms with van der Waals surface area (Å²) in [7, 11) is 0. The molecule has 2 heteroatoms. The first-order valence-electron chi connectivity index (χ1n) is 1.79. The first-order valence-corrected chi connectivity index (χ1v) is 2.17. The molecule has 0 aliphatic heterocycles. The first kappa shape index (κ1) is 4.60. The van der Waals surface area contributed by atoms with Gasteiger partial charge in [-0.2, -0.15) is 0 Å². The molecule has 0 amide bonds. The quantitative estimate of drug-likeness (QED) is 0.461. The molecule has 34 valence electrons. The van der Waals surface area contributed by atoms with Crippen molar-refractivity contribution in [3.8, 4) is 0 Å². The molecule has 1 rings (SSSR count). The molecular formula is C5H2ClN. The summed E-state index contributed by atoms with van der Waals surface area (Å²) in [6, 6.07) is 6.85. The fourth-order valence-corrected chi connectivity index (χ4v) is 0.384. The Morgan fingerprint density at radius 3 is 2.86 bits per heavy atom. The average Bonchev–Trinajstić information content (AvgIpc) is 1.69. The lowest BCUT2D eigenvalue weighted by molar-refractivity contribution is 1.32. The summed E-state index contributed by atoms with van der Waals surface area (Å²) < 4.78 is 0. The maximum atomic E-state index is 5.34. The van der Waals surface area contributed by atoms with Crippen molar-refractivity contribution in [3.05, 3.63) is 29.5 Å². The Balaban J connectivity index is 3.02. The van der Waals surface area contributed by atoms with Gasteiger partial charge in [0.25, 0.3) is 0 Å². The summed E-state index contributed by atoms with van der Waals surface area (Å²) in [5.41, 5.74) is 0. The molecule has 0 fully saturated rings. The number of hydrogen-bond acceptors (Lipinski definition) is 1. The lowest BCUT2D eigenvalue weighted by atomic mass is 10.5. The minimum absolute atomic E-state index is 0.363. The molecule has 1 heterocycles. The highest BCUT2D eigenvalue weighted by Gasteiger charge is 1.78. The second-order valence-corrected chi connectivity index (χ2v) is 1.36. The van der Waals surface area contributed by atoms with E-state index in [0.29, 0.717) is 5.15 Å². The van der Waals surface area contributed by atoms with E-state index in [0.717, 1.165) is 0 Å². The van der Waals surface area contributed by atoms with E-state index < -0.39 is 0 Å². The van der Waals surface area contributed by atoms with Gasteiger partial charge < -0.3 is 0 Å². The normalized spacial score (nSPS) is 8.71. The van der Waals surface area contributed by atoms with Crippen molar-refractivity contribution in [2.45, 2.75) is 0 Å². The molecule has 0 spiro atoms. The number of halogens is 1. The van der Waals surface area contributed by atoms with Crippen LogP contribution in [0.5, 0.6) is 0 Å². The molecular weight excluding hydrogens is 110 g/mol. The van der Waals surface area contributed by atoms with Gasteiger partial charge in [0.1, 0.15) is 5.15 Å². The summed E-state index contributed by atoms with van der Waals surface area (Å²) in [5.74, 6) is 0. The number of hydrogen-bond donors (Lipinski definition) is 0. The molecule has 0 atom stereocenters. The molecule has 1 aromatic rings. The van der Waals surface area contributed by atoms with E-state index in [4.69, 9.17) is 11.6 Å². The SMILES string of the molecule is Clc1[c][c]ccn1. The third-order valence-electron chi connectivity index (χ3n) is 0.521. The molecule has 0 saturated heterocycles. The predicted molar refractivity (Wildman–Crippen MR) is 26.9 cm³/mol. The van der Waals surface area contributed by atoms with Crippen LogP contribution in [0, 0.1) is 12.1 Å². The highest BCUT2D eigenvalue weighted by Crippen LogP contribution is 1.96. The molecule has 0 aliphatic carbocycles. The summed E-state index contributed by atoms with van der Waals surface area (Å²) in [6.07, 6.45) is 1.57. The van der Waals surface area contributed by atoms with E-state index >= 15 is 0 Å². The maximum Gasteiger partial charge on any atom is 0.137 e. The Hall–Kier alpha value is -0.560. The molecule has 0 aliphatic rings. The number of nitrogens with zero attached hydrogens (tertiary/aromatic N) is 1. The van der Waals surface area contributed by atoms with E-state index in [2.05, 4.69) is 17.1 Å². The molecule has 0 unspecified atom stereocenters. The van der Waals surface area contributed by atoms with Gasteiger partial charge >= 0.3 is 0 Å². The van der Waals surface area contributed by atoms with Crippen molar-refractivity contribution < 1.29 is 0 Å². The number of pyridine rings is 1. The number of aromatic nitrogens is 1. The van der Waals surface area contributed by atoms with E-state index in [1.807, 2.05) is 0 Å². The standard InChI is InChI=1S/C5H2ClN/c6-5-3-1-2-4-7-5/h2,4H. The molecule has 0 aromatic carbocycles. The van der Waals surface area contributed by atoms with Crippen molar-refractivity contribution in [2.24, 2.45) is 0 Å². The van der Waals surface area contributed by atoms with Gasteiger partial charge in [-0.15, -0.1) is 0 Å². The van der Waals surface area contributed by atoms with Crippen LogP contribution in [-0.2, 0) is 0 Å². The second kappa shape index (κ2) is 1.94. The topological polar surface area (TPSA) is 12.9 Å². The Morgan fingerprint density at radius 2 is 2.57 bits per heavy atom. The summed E-state index contributed by atoms with van der Waals surface area (Å²) >= 11 is 5.34. The van der Waals surface area contributed by atoms with Crippen molar-refractivity contribution >= 4 is 11.6 Å². The van der Waals surface area contributed by atoms with Gasteiger partial charge in [0.2, 0.25) is 0 Å². The third-order valence-corrected chi connectivity index (χ3v) is 0.713. The van der Waals surface area contributed by atoms with Crippen LogP contribution in [0.25, 0.3) is 0 Å². The minimum Gasteiger partial charge on any atom is -0.244 e. The van der Waals surface area contributed by atoms with Gasteiger partial charge in [0.05, 0.1) is 0 Å². The lowest BCUT2D eigenvalue weighted by Gasteiger charge is -1.77. The predicted octanol–water partition coefficient (Wildman–Crippen LogP) is 1.34. The maximum absolute atomic E-state index is 5.34. The molecule has 1 nitrogen and oxygen atoms in total. The molecule has 0 N–H and O–H groups in total. The van der Waals surface area contributed by atoms with E-state index in [1.54, 1.807) is 12.3 Å². The fourth-order valence-electron chi connectivity index (χ4n) is 0.273. The number of rotatable bonds is 0. The Labute approximate surface area is 47.0 Å². The van der Waals surface area contributed by atoms with Crippen LogP contribution in [0.2, 0.25) is 5.15 Å². The summed E-state index contributed by atoms with van der Waals surface area (Å²) in [5, 5.41) is 0.363. The minimum atomic E-state index is 0.363. The van der Waals surface area contributed by atoms with Gasteiger partial charge in [-0.1, -0.05) is 11.6 Å². The molecule has 0 bridgehead atoms. The van der Waals surface area contributed by atoms with Crippen LogP contribution in [0.3, 0.4) is 0 Å². The average molecular weight is 112 g/mol. The van der Waals surface area contributed by atoms with Crippen molar-refractivity contribution in [2.75, 3.05) is 0 Å². The molecule has 7 heavy (non-hydrogen) atoms. The fraction of sp³-hybridized carbons (Fsp3) is 0. The molecule has 0 saturated carbocycles. The van der Waals surface area contributed by atoms with Crippen LogP contribution in [0.1, 0.15) is 0 Å². The lowest BCUT2D eigenvalue weighted by Crippen LogP contribution is -1.67. The smallest absolute Gasteiger partial charge is 0.137 e. The summed E-state index contributed by atoms with van der Waals surface area (Å²) in [4.78, 5) is 3.66. The highest BCUT2D eigenvalue weighted by molar-refractivity contribution is 6.29. The Bertz CT molecular complexity index is 138. The summed E-state index contributed by atoms with van der Waals surface area (Å²) in [6.45, 7) is 0. The second-order valence-electron chi connectivity index (χ2n) is 1.00. The van der Waals surface area contributed by atoms with Gasteiger partial charge in [-0.3, -0.25) is 0 Å². The van der Waals surface area contributed by atoms with Crippen molar-refractivity contribution in [1.82, 2.24) is 4.98 Å². The van der Waals surface area contributed by atoms with Gasteiger partial charge in [-0.25, -0.2) is 4.98 Å². The Kier molecular flexibility index (Phi) is 1.27. The Morgan fingerprint density at radius 1 is 1.71 bits per heavy atom. The first-order chi connectivity index (χ1) is 3.39. The van der Waals surface area contributed by atoms with Crippen LogP contribution in [0.4, 0.5) is 0 Å². The highest BCUT2D eigenvalue weighted by atomic mass is 35.5. The molecule has 1 aromatic heterocycles. The van der Waals surface area contributed by atoms with Gasteiger partial charge in [-0.05, 0) is 12.1 Å². The molecule has 2 radical (unpaired) electrons. The van der Waals surface area contributed by atoms with Crippen LogP contribution in [-0.4, -0.2) is 4.98 Å². The van der Waals surface area contributed by atoms with E-state index in [1.165, 1.54) is 0 Å². The monoisotopic (exact) mass is 111 g/mol. The largest absolute Gasteiger partial charge is 0.244 e.